The van der Waals surface area contributed by atoms with Crippen LogP contribution in [0.15, 0.2) is 231 Å². The van der Waals surface area contributed by atoms with E-state index >= 15 is 0 Å². The zero-order chi connectivity index (χ0) is 43.3. The fourth-order valence-corrected chi connectivity index (χ4v) is 11.4. The molecule has 0 amide bonds. The first kappa shape index (κ1) is 36.8. The zero-order valence-corrected chi connectivity index (χ0v) is 35.9. The van der Waals surface area contributed by atoms with Gasteiger partial charge in [-0.15, -0.1) is 0 Å². The van der Waals surface area contributed by atoms with Gasteiger partial charge in [0, 0.05) is 38.8 Å². The largest absolute Gasteiger partial charge is 0.374 e. The van der Waals surface area contributed by atoms with E-state index in [0.717, 1.165) is 61.3 Å². The van der Waals surface area contributed by atoms with Crippen molar-refractivity contribution in [2.24, 2.45) is 0 Å². The van der Waals surface area contributed by atoms with E-state index < -0.39 is 5.41 Å². The van der Waals surface area contributed by atoms with Crippen molar-refractivity contribution in [3.8, 4) is 44.8 Å². The number of benzene rings is 9. The van der Waals surface area contributed by atoms with Crippen LogP contribution in [0.2, 0.25) is 0 Å². The highest BCUT2D eigenvalue weighted by molar-refractivity contribution is 6.05. The molecule has 2 aliphatic heterocycles. The van der Waals surface area contributed by atoms with E-state index in [0.29, 0.717) is 0 Å². The lowest BCUT2D eigenvalue weighted by atomic mass is 9.63. The van der Waals surface area contributed by atoms with Crippen LogP contribution in [0.3, 0.4) is 0 Å². The number of hydrogen-bond acceptors (Lipinski definition) is 4. The van der Waals surface area contributed by atoms with Gasteiger partial charge in [0.05, 0.1) is 45.3 Å². The Labute approximate surface area is 383 Å². The lowest BCUT2D eigenvalue weighted by molar-refractivity contribution is 0.750. The maximum Gasteiger partial charge on any atom is 0.0972 e. The summed E-state index contributed by atoms with van der Waals surface area (Å²) in [5.74, 6) is 0. The van der Waals surface area contributed by atoms with Gasteiger partial charge in [-0.25, -0.2) is 9.97 Å². The van der Waals surface area contributed by atoms with Crippen LogP contribution in [-0.2, 0) is 5.41 Å². The van der Waals surface area contributed by atoms with Gasteiger partial charge in [0.15, 0.2) is 0 Å². The number of hydrogen-bond donors (Lipinski definition) is 1. The van der Waals surface area contributed by atoms with Crippen molar-refractivity contribution in [1.82, 2.24) is 9.97 Å². The Bertz CT molecular complexity index is 3700. The lowest BCUT2D eigenvalue weighted by Gasteiger charge is -2.46. The van der Waals surface area contributed by atoms with E-state index in [9.17, 15) is 0 Å². The van der Waals surface area contributed by atoms with Crippen molar-refractivity contribution in [3.63, 3.8) is 0 Å². The maximum absolute atomic E-state index is 5.43. The number of pyridine rings is 2. The van der Waals surface area contributed by atoms with E-state index in [1.165, 1.54) is 61.4 Å². The van der Waals surface area contributed by atoms with Crippen LogP contribution in [0.5, 0.6) is 0 Å². The van der Waals surface area contributed by atoms with Crippen molar-refractivity contribution in [2.45, 2.75) is 11.5 Å². The molecule has 4 heterocycles. The van der Waals surface area contributed by atoms with Crippen LogP contribution < -0.4 is 10.2 Å². The Kier molecular flexibility index (Phi) is 7.93. The summed E-state index contributed by atoms with van der Waals surface area (Å²) < 4.78 is 0. The molecule has 4 nitrogen and oxygen atoms in total. The highest BCUT2D eigenvalue weighted by Crippen LogP contribution is 2.64. The first-order valence-corrected chi connectivity index (χ1v) is 22.8. The van der Waals surface area contributed by atoms with Gasteiger partial charge in [0.25, 0.3) is 0 Å². The summed E-state index contributed by atoms with van der Waals surface area (Å²) in [6.45, 7) is 0. The predicted molar refractivity (Wildman–Crippen MR) is 271 cm³/mol. The third-order valence-electron chi connectivity index (χ3n) is 14.3. The van der Waals surface area contributed by atoms with Gasteiger partial charge < -0.3 is 10.2 Å². The Hall–Kier alpha value is -8.60. The first-order valence-electron chi connectivity index (χ1n) is 22.8. The molecule has 0 fully saturated rings. The number of nitrogens with one attached hydrogen (secondary N) is 1. The molecule has 66 heavy (non-hydrogen) atoms. The molecule has 11 aromatic rings. The predicted octanol–water partition coefficient (Wildman–Crippen LogP) is 15.4. The summed E-state index contributed by atoms with van der Waals surface area (Å²) in [7, 11) is 0. The zero-order valence-electron chi connectivity index (χ0n) is 35.9. The maximum atomic E-state index is 5.43. The number of aromatic nitrogens is 2. The van der Waals surface area contributed by atoms with Gasteiger partial charge in [-0.3, -0.25) is 0 Å². The van der Waals surface area contributed by atoms with Crippen LogP contribution in [0, 0.1) is 0 Å². The van der Waals surface area contributed by atoms with E-state index in [1.807, 2.05) is 6.07 Å². The number of nitrogens with zero attached hydrogens (tertiary/aromatic N) is 3. The second kappa shape index (κ2) is 14.2. The normalized spacial score (nSPS) is 14.7. The van der Waals surface area contributed by atoms with Crippen molar-refractivity contribution in [3.05, 3.63) is 264 Å². The molecule has 1 aliphatic carbocycles. The summed E-state index contributed by atoms with van der Waals surface area (Å²) >= 11 is 0. The van der Waals surface area contributed by atoms with Crippen molar-refractivity contribution >= 4 is 44.6 Å². The minimum atomic E-state index is -0.573. The highest BCUT2D eigenvalue weighted by atomic mass is 15.2. The van der Waals surface area contributed by atoms with Gasteiger partial charge in [-0.1, -0.05) is 176 Å². The fourth-order valence-electron chi connectivity index (χ4n) is 11.4. The molecule has 0 bridgehead atoms. The van der Waals surface area contributed by atoms with Gasteiger partial charge in [0.1, 0.15) is 0 Å². The molecule has 2 aromatic heterocycles. The molecule has 0 saturated heterocycles. The minimum Gasteiger partial charge on any atom is -0.374 e. The second-order valence-corrected chi connectivity index (χ2v) is 17.7. The van der Waals surface area contributed by atoms with Crippen LogP contribution in [0.4, 0.5) is 22.7 Å². The van der Waals surface area contributed by atoms with E-state index in [-0.39, 0.29) is 6.04 Å². The molecule has 4 heteroatoms. The lowest BCUT2D eigenvalue weighted by Crippen LogP contribution is -2.36. The number of para-hydroxylation sites is 2. The first-order chi connectivity index (χ1) is 32.7. The van der Waals surface area contributed by atoms with Gasteiger partial charge >= 0.3 is 0 Å². The topological polar surface area (TPSA) is 41.0 Å². The summed E-state index contributed by atoms with van der Waals surface area (Å²) in [6, 6.07) is 84.1. The third kappa shape index (κ3) is 5.27. The summed E-state index contributed by atoms with van der Waals surface area (Å²) in [4.78, 5) is 13.1. The molecule has 1 atom stereocenters. The number of anilines is 4. The number of fused-ring (bicyclic) bond motifs is 15. The van der Waals surface area contributed by atoms with E-state index in [1.54, 1.807) is 0 Å². The summed E-state index contributed by atoms with van der Waals surface area (Å²) in [5.41, 5.74) is 22.4. The standard InChI is InChI=1S/C62H40N4/c1-4-16-39(17-5-1)54-33-30-41-28-29-42-31-34-55(64-61(42)60(41)63-54)43-32-35-56-48(36-43)47-37-53-58(38-49(47)59(65-56)40-18-6-2-7-19-40)66(44-20-8-3-9-21-44)57-27-15-14-26-52(57)62(53)50-24-12-10-22-45(50)46-23-11-13-25-51(46)62/h1-38,59,65H. The van der Waals surface area contributed by atoms with Gasteiger partial charge in [0.2, 0.25) is 0 Å². The molecular weight excluding hydrogens is 801 g/mol. The fraction of sp³-hybridized carbons (Fsp3) is 0.0323. The molecule has 1 spiro atoms. The van der Waals surface area contributed by atoms with E-state index in [2.05, 4.69) is 235 Å². The van der Waals surface area contributed by atoms with Gasteiger partial charge in [-0.2, -0.15) is 0 Å². The van der Waals surface area contributed by atoms with Crippen LogP contribution in [0.25, 0.3) is 66.6 Å². The van der Waals surface area contributed by atoms with Crippen LogP contribution >= 0.6 is 0 Å². The Morgan fingerprint density at radius 3 is 1.64 bits per heavy atom. The molecule has 0 radical (unpaired) electrons. The Balaban J connectivity index is 1.04. The monoisotopic (exact) mass is 840 g/mol. The quantitative estimate of drug-likeness (QED) is 0.179. The molecule has 1 N–H and O–H groups in total. The van der Waals surface area contributed by atoms with Crippen LogP contribution in [0.1, 0.15) is 39.4 Å². The van der Waals surface area contributed by atoms with Gasteiger partial charge in [-0.05, 0) is 105 Å². The average Bonchev–Trinajstić information content (AvgIpc) is 3.69. The molecule has 3 aliphatic rings. The summed E-state index contributed by atoms with van der Waals surface area (Å²) in [6.07, 6.45) is 0. The molecule has 308 valence electrons. The molecule has 9 aromatic carbocycles. The second-order valence-electron chi connectivity index (χ2n) is 17.7. The minimum absolute atomic E-state index is 0.0891. The Morgan fingerprint density at radius 2 is 0.955 bits per heavy atom. The summed E-state index contributed by atoms with van der Waals surface area (Å²) in [5, 5.41) is 6.19. The number of rotatable bonds is 4. The van der Waals surface area contributed by atoms with Crippen LogP contribution in [-0.4, -0.2) is 9.97 Å². The van der Waals surface area contributed by atoms with Crippen molar-refractivity contribution < 1.29 is 0 Å². The average molecular weight is 841 g/mol. The smallest absolute Gasteiger partial charge is 0.0972 e. The Morgan fingerprint density at radius 1 is 0.394 bits per heavy atom. The highest BCUT2D eigenvalue weighted by Gasteiger charge is 2.52. The molecular formula is C62H40N4. The molecule has 1 unspecified atom stereocenters. The molecule has 14 rings (SSSR count). The SMILES string of the molecule is c1ccc(-c2ccc3ccc4ccc(-c5ccc6c(c5)-c5cc7c(cc5C(c5ccccc5)N6)N(c5ccccc5)c5ccccc5C75c6ccccc6-c6ccccc65)nc4c3n2)cc1. The third-order valence-corrected chi connectivity index (χ3v) is 14.3. The molecule has 0 saturated carbocycles. The van der Waals surface area contributed by atoms with Crippen molar-refractivity contribution in [2.75, 3.05) is 10.2 Å². The van der Waals surface area contributed by atoms with E-state index in [4.69, 9.17) is 9.97 Å². The van der Waals surface area contributed by atoms with Crippen molar-refractivity contribution in [1.29, 1.82) is 0 Å².